The zero-order chi connectivity index (χ0) is 32.2. The molecule has 0 spiro atoms. The van der Waals surface area contributed by atoms with E-state index in [9.17, 15) is 32.5 Å². The monoisotopic (exact) mass is 652 g/mol. The topological polar surface area (TPSA) is 259 Å². The van der Waals surface area contributed by atoms with Gasteiger partial charge in [-0.05, 0) is 64.0 Å². The van der Waals surface area contributed by atoms with Crippen LogP contribution in [0, 0.1) is 12.3 Å². The van der Waals surface area contributed by atoms with Crippen molar-refractivity contribution in [3.8, 4) is 5.75 Å². The number of amidine groups is 1. The summed E-state index contributed by atoms with van der Waals surface area (Å²) >= 11 is 1.02. The lowest BCUT2D eigenvalue weighted by atomic mass is 10.0. The summed E-state index contributed by atoms with van der Waals surface area (Å²) in [6.07, 6.45) is 0.130. The number of nitrogens with two attached hydrogens (primary N) is 1. The lowest BCUT2D eigenvalue weighted by Crippen LogP contribution is -2.71. The quantitative estimate of drug-likeness (QED) is 0.0501. The number of piperidine rings is 1. The van der Waals surface area contributed by atoms with Crippen LogP contribution in [0.1, 0.15) is 35.9 Å². The number of β-lactam (4-membered cyclic amide) rings is 1. The largest absolute Gasteiger partial charge is 0.489 e. The summed E-state index contributed by atoms with van der Waals surface area (Å²) in [6.45, 7) is 4.11. The van der Waals surface area contributed by atoms with Crippen molar-refractivity contribution < 1.29 is 42.0 Å². The van der Waals surface area contributed by atoms with Gasteiger partial charge in [0.1, 0.15) is 29.9 Å². The van der Waals surface area contributed by atoms with E-state index < -0.39 is 58.6 Å². The molecular weight excluding hydrogens is 620 g/mol. The molecule has 1 aromatic carbocycles. The van der Waals surface area contributed by atoms with Gasteiger partial charge in [-0.3, -0.25) is 19.6 Å². The van der Waals surface area contributed by atoms with Crippen molar-refractivity contribution in [2.24, 2.45) is 5.16 Å². The van der Waals surface area contributed by atoms with E-state index in [4.69, 9.17) is 20.7 Å². The molecule has 0 aliphatic carbocycles. The van der Waals surface area contributed by atoms with E-state index in [1.807, 2.05) is 0 Å². The molecule has 0 radical (unpaired) electrons. The maximum Gasteiger partial charge on any atom is 0.362 e. The SMILES string of the molecule is Cc1sc(N)nc1/C(=N/O[C@@H](COc1ccc(C(=N)NC2CCNCC2)cc1)C(=O)O)C(=O)N[C@@H]1C(=O)N(S(=O)(=O)O)[C@H]1C. The molecule has 44 heavy (non-hydrogen) atoms. The second-order valence-electron chi connectivity index (χ2n) is 10.0. The van der Waals surface area contributed by atoms with Gasteiger partial charge < -0.3 is 36.4 Å². The van der Waals surface area contributed by atoms with Crippen LogP contribution in [0.25, 0.3) is 0 Å². The van der Waals surface area contributed by atoms with Gasteiger partial charge in [-0.15, -0.1) is 11.3 Å². The molecule has 19 heteroatoms. The minimum absolute atomic E-state index is 0.0442. The number of ether oxygens (including phenoxy) is 1. The summed E-state index contributed by atoms with van der Waals surface area (Å²) in [5.74, 6) is -3.01. The van der Waals surface area contributed by atoms with E-state index in [1.165, 1.54) is 6.92 Å². The smallest absolute Gasteiger partial charge is 0.362 e. The number of carbonyl (C=O) groups excluding carboxylic acids is 2. The number of amides is 2. The minimum Gasteiger partial charge on any atom is -0.489 e. The van der Waals surface area contributed by atoms with E-state index in [1.54, 1.807) is 31.2 Å². The molecule has 0 saturated carbocycles. The standard InChI is InChI=1S/C25H32N8O9S2/c1-12-18(23(35)33(12)44(38,39)40)30-22(34)20(19-13(2)43-25(27)31-19)32-42-17(24(36)37)11-41-16-5-3-14(4-6-16)21(26)29-15-7-9-28-10-8-15/h3-6,12,15,17-18,28H,7-11H2,1-2H3,(H2,26,29)(H2,27,31)(H,30,34)(H,36,37)(H,38,39,40)/b32-20-/t12-,17-,18-/m0/s1. The Bertz CT molecular complexity index is 1560. The Labute approximate surface area is 256 Å². The van der Waals surface area contributed by atoms with Crippen molar-refractivity contribution in [3.63, 3.8) is 0 Å². The Morgan fingerprint density at radius 2 is 1.93 bits per heavy atom. The first-order valence-corrected chi connectivity index (χ1v) is 15.6. The first-order chi connectivity index (χ1) is 20.8. The number of rotatable bonds is 12. The van der Waals surface area contributed by atoms with E-state index in [0.717, 1.165) is 37.3 Å². The number of carbonyl (C=O) groups is 3. The molecule has 238 valence electrons. The third-order valence-electron chi connectivity index (χ3n) is 6.90. The number of anilines is 1. The first kappa shape index (κ1) is 32.6. The maximum atomic E-state index is 13.1. The van der Waals surface area contributed by atoms with Gasteiger partial charge in [0.25, 0.3) is 17.9 Å². The van der Waals surface area contributed by atoms with Crippen LogP contribution in [0.15, 0.2) is 29.4 Å². The fourth-order valence-corrected chi connectivity index (χ4v) is 6.12. The lowest BCUT2D eigenvalue weighted by molar-refractivity contribution is -0.152. The van der Waals surface area contributed by atoms with Crippen molar-refractivity contribution in [2.45, 2.75) is 50.9 Å². The fourth-order valence-electron chi connectivity index (χ4n) is 4.55. The molecule has 2 aliphatic rings. The second kappa shape index (κ2) is 13.5. The van der Waals surface area contributed by atoms with Gasteiger partial charge in [0.2, 0.25) is 0 Å². The lowest BCUT2D eigenvalue weighted by Gasteiger charge is -2.42. The summed E-state index contributed by atoms with van der Waals surface area (Å²) in [7, 11) is -4.83. The average molecular weight is 653 g/mol. The Hall–Kier alpha value is -4.33. The Balaban J connectivity index is 1.43. The minimum atomic E-state index is -4.83. The maximum absolute atomic E-state index is 13.1. The van der Waals surface area contributed by atoms with Crippen molar-refractivity contribution in [3.05, 3.63) is 40.4 Å². The molecule has 17 nitrogen and oxygen atoms in total. The summed E-state index contributed by atoms with van der Waals surface area (Å²) in [4.78, 5) is 47.0. The van der Waals surface area contributed by atoms with Gasteiger partial charge in [-0.25, -0.2) is 14.1 Å². The van der Waals surface area contributed by atoms with Gasteiger partial charge in [0.15, 0.2) is 10.8 Å². The summed E-state index contributed by atoms with van der Waals surface area (Å²) in [6, 6.07) is 4.22. The molecule has 2 aromatic rings. The normalized spacial score (nSPS) is 19.9. The summed E-state index contributed by atoms with van der Waals surface area (Å²) in [5.41, 5.74) is 5.81. The number of carboxylic acids is 1. The number of hydrogen-bond acceptors (Lipinski definition) is 13. The van der Waals surface area contributed by atoms with Crippen LogP contribution in [-0.4, -0.2) is 101 Å². The van der Waals surface area contributed by atoms with Crippen LogP contribution in [-0.2, 0) is 29.5 Å². The molecule has 2 fully saturated rings. The third-order valence-corrected chi connectivity index (χ3v) is 8.71. The van der Waals surface area contributed by atoms with Crippen LogP contribution in [0.2, 0.25) is 0 Å². The van der Waals surface area contributed by atoms with Crippen LogP contribution in [0.3, 0.4) is 0 Å². The van der Waals surface area contributed by atoms with Gasteiger partial charge >= 0.3 is 16.3 Å². The Kier molecular flexibility index (Phi) is 10.0. The predicted molar refractivity (Wildman–Crippen MR) is 158 cm³/mol. The molecule has 8 N–H and O–H groups in total. The number of hydrogen-bond donors (Lipinski definition) is 7. The van der Waals surface area contributed by atoms with E-state index in [2.05, 4.69) is 26.1 Å². The predicted octanol–water partition coefficient (Wildman–Crippen LogP) is -0.528. The number of aromatic nitrogens is 1. The average Bonchev–Trinajstić information content (AvgIpc) is 3.30. The van der Waals surface area contributed by atoms with Gasteiger partial charge in [-0.2, -0.15) is 8.42 Å². The van der Waals surface area contributed by atoms with Crippen LogP contribution < -0.4 is 26.4 Å². The molecular formula is C25H32N8O9S2. The number of nitrogens with one attached hydrogen (secondary N) is 4. The number of thiazole rings is 1. The first-order valence-electron chi connectivity index (χ1n) is 13.4. The molecule has 2 aliphatic heterocycles. The Morgan fingerprint density at radius 3 is 2.48 bits per heavy atom. The highest BCUT2D eigenvalue weighted by atomic mass is 32.2. The van der Waals surface area contributed by atoms with Gasteiger partial charge in [0, 0.05) is 16.5 Å². The number of oxime groups is 1. The number of benzene rings is 1. The second-order valence-corrected chi connectivity index (χ2v) is 12.5. The molecule has 4 rings (SSSR count). The molecule has 2 saturated heterocycles. The molecule has 0 bridgehead atoms. The summed E-state index contributed by atoms with van der Waals surface area (Å²) < 4.78 is 37.8. The zero-order valence-corrected chi connectivity index (χ0v) is 25.3. The highest BCUT2D eigenvalue weighted by Gasteiger charge is 2.51. The molecule has 2 amide bonds. The highest BCUT2D eigenvalue weighted by Crippen LogP contribution is 2.24. The van der Waals surface area contributed by atoms with E-state index in [-0.39, 0.29) is 27.0 Å². The van der Waals surface area contributed by atoms with Crippen LogP contribution >= 0.6 is 11.3 Å². The number of nitrogens with zero attached hydrogens (tertiary/aromatic N) is 3. The van der Waals surface area contributed by atoms with Crippen LogP contribution in [0.5, 0.6) is 5.75 Å². The van der Waals surface area contributed by atoms with Crippen molar-refractivity contribution in [1.82, 2.24) is 25.2 Å². The fraction of sp³-hybridized carbons (Fsp3) is 0.440. The molecule has 3 heterocycles. The Morgan fingerprint density at radius 1 is 1.27 bits per heavy atom. The highest BCUT2D eigenvalue weighted by molar-refractivity contribution is 7.84. The zero-order valence-electron chi connectivity index (χ0n) is 23.6. The van der Waals surface area contributed by atoms with E-state index >= 15 is 0 Å². The number of carboxylic acid groups (broad SMARTS) is 1. The molecule has 0 unspecified atom stereocenters. The number of nitrogen functional groups attached to an aromatic ring is 1. The molecule has 3 atom stereocenters. The molecule has 1 aromatic heterocycles. The van der Waals surface area contributed by atoms with E-state index in [0.29, 0.717) is 16.2 Å². The van der Waals surface area contributed by atoms with Crippen molar-refractivity contribution in [2.75, 3.05) is 25.4 Å². The van der Waals surface area contributed by atoms with Crippen molar-refractivity contribution in [1.29, 1.82) is 5.41 Å². The third kappa shape index (κ3) is 7.59. The van der Waals surface area contributed by atoms with Crippen LogP contribution in [0.4, 0.5) is 5.13 Å². The number of aliphatic carboxylic acids is 1. The summed E-state index contributed by atoms with van der Waals surface area (Å²) in [5, 5.41) is 30.6. The van der Waals surface area contributed by atoms with Gasteiger partial charge in [-0.1, -0.05) is 5.16 Å². The van der Waals surface area contributed by atoms with Crippen molar-refractivity contribution >= 4 is 56.1 Å². The van der Waals surface area contributed by atoms with Gasteiger partial charge in [0.05, 0.1) is 6.04 Å². The number of aryl methyl sites for hydroxylation is 1.